The molecule has 1 aromatic rings. The van der Waals surface area contributed by atoms with Gasteiger partial charge in [0.2, 0.25) is 0 Å². The zero-order valence-corrected chi connectivity index (χ0v) is 8.00. The number of hydrogen-bond acceptors (Lipinski definition) is 3. The Morgan fingerprint density at radius 1 is 1.43 bits per heavy atom. The Labute approximate surface area is 81.9 Å². The number of carbonyl (C=O) groups is 1. The zero-order valence-electron chi connectivity index (χ0n) is 8.00. The molecule has 3 nitrogen and oxygen atoms in total. The zero-order chi connectivity index (χ0) is 10.3. The van der Waals surface area contributed by atoms with Gasteiger partial charge in [0.15, 0.2) is 0 Å². The van der Waals surface area contributed by atoms with Crippen molar-refractivity contribution in [2.24, 2.45) is 0 Å². The lowest BCUT2D eigenvalue weighted by molar-refractivity contribution is 0.00954. The van der Waals surface area contributed by atoms with Crippen LogP contribution in [-0.4, -0.2) is 5.97 Å². The number of rotatable bonds is 0. The summed E-state index contributed by atoms with van der Waals surface area (Å²) in [5, 5.41) is 8.73. The van der Waals surface area contributed by atoms with E-state index < -0.39 is 5.60 Å². The van der Waals surface area contributed by atoms with Crippen molar-refractivity contribution in [3.8, 4) is 6.07 Å². The summed E-state index contributed by atoms with van der Waals surface area (Å²) in [4.78, 5) is 11.4. The summed E-state index contributed by atoms with van der Waals surface area (Å²) in [6, 6.07) is 7.02. The highest BCUT2D eigenvalue weighted by Gasteiger charge is 2.37. The minimum absolute atomic E-state index is 0.311. The number of fused-ring (bicyclic) bond motifs is 1. The third-order valence-corrected chi connectivity index (χ3v) is 2.37. The van der Waals surface area contributed by atoms with Crippen LogP contribution in [0.25, 0.3) is 0 Å². The van der Waals surface area contributed by atoms with E-state index in [1.54, 1.807) is 18.2 Å². The largest absolute Gasteiger partial charge is 0.451 e. The Morgan fingerprint density at radius 3 is 2.79 bits per heavy atom. The highest BCUT2D eigenvalue weighted by molar-refractivity contribution is 5.94. The van der Waals surface area contributed by atoms with Crippen LogP contribution in [0.4, 0.5) is 0 Å². The van der Waals surface area contributed by atoms with E-state index in [9.17, 15) is 4.79 Å². The number of carbonyl (C=O) groups excluding carboxylic acids is 1. The van der Waals surface area contributed by atoms with Crippen LogP contribution < -0.4 is 0 Å². The molecule has 0 saturated carbocycles. The summed E-state index contributed by atoms with van der Waals surface area (Å²) in [6.07, 6.45) is 0. The Hall–Kier alpha value is -1.82. The van der Waals surface area contributed by atoms with Crippen LogP contribution in [0.15, 0.2) is 18.2 Å². The van der Waals surface area contributed by atoms with Crippen molar-refractivity contribution in [2.75, 3.05) is 0 Å². The average molecular weight is 187 g/mol. The fourth-order valence-corrected chi connectivity index (χ4v) is 1.63. The Morgan fingerprint density at radius 2 is 2.14 bits per heavy atom. The molecule has 0 spiro atoms. The van der Waals surface area contributed by atoms with Crippen LogP contribution in [0, 0.1) is 11.3 Å². The van der Waals surface area contributed by atoms with E-state index >= 15 is 0 Å². The van der Waals surface area contributed by atoms with E-state index in [-0.39, 0.29) is 5.97 Å². The lowest BCUT2D eigenvalue weighted by Crippen LogP contribution is -2.16. The summed E-state index contributed by atoms with van der Waals surface area (Å²) in [6.45, 7) is 3.63. The quantitative estimate of drug-likeness (QED) is 0.583. The van der Waals surface area contributed by atoms with Crippen molar-refractivity contribution < 1.29 is 9.53 Å². The van der Waals surface area contributed by atoms with E-state index in [0.29, 0.717) is 11.1 Å². The molecule has 0 bridgehead atoms. The molecule has 0 atom stereocenters. The molecule has 1 heterocycles. The van der Waals surface area contributed by atoms with Gasteiger partial charge in [-0.3, -0.25) is 0 Å². The van der Waals surface area contributed by atoms with Crippen molar-refractivity contribution >= 4 is 5.97 Å². The SMILES string of the molecule is CC1(C)OC(=O)c2ccc(C#N)cc21. The summed E-state index contributed by atoms with van der Waals surface area (Å²) in [5.74, 6) is -0.311. The predicted molar refractivity (Wildman–Crippen MR) is 49.6 cm³/mol. The van der Waals surface area contributed by atoms with Gasteiger partial charge in [0, 0.05) is 5.56 Å². The molecule has 0 amide bonds. The normalized spacial score (nSPS) is 17.1. The number of hydrogen-bond donors (Lipinski definition) is 0. The van der Waals surface area contributed by atoms with Gasteiger partial charge in [-0.05, 0) is 32.0 Å². The monoisotopic (exact) mass is 187 g/mol. The second-order valence-electron chi connectivity index (χ2n) is 3.77. The maximum Gasteiger partial charge on any atom is 0.339 e. The van der Waals surface area contributed by atoms with Gasteiger partial charge in [0.1, 0.15) is 5.60 Å². The van der Waals surface area contributed by atoms with Gasteiger partial charge < -0.3 is 4.74 Å². The number of cyclic esters (lactones) is 1. The molecule has 1 aliphatic rings. The molecule has 70 valence electrons. The highest BCUT2D eigenvalue weighted by Crippen LogP contribution is 2.35. The van der Waals surface area contributed by atoms with Gasteiger partial charge in [-0.2, -0.15) is 5.26 Å². The molecule has 1 aromatic carbocycles. The molecule has 2 rings (SSSR count). The molecular weight excluding hydrogens is 178 g/mol. The highest BCUT2D eigenvalue weighted by atomic mass is 16.6. The molecule has 0 saturated heterocycles. The number of ether oxygens (including phenoxy) is 1. The van der Waals surface area contributed by atoms with Crippen molar-refractivity contribution in [2.45, 2.75) is 19.4 Å². The molecule has 0 aliphatic carbocycles. The summed E-state index contributed by atoms with van der Waals surface area (Å²) in [7, 11) is 0. The second-order valence-corrected chi connectivity index (χ2v) is 3.77. The van der Waals surface area contributed by atoms with Gasteiger partial charge in [-0.1, -0.05) is 0 Å². The number of esters is 1. The van der Waals surface area contributed by atoms with E-state index in [0.717, 1.165) is 5.56 Å². The van der Waals surface area contributed by atoms with Crippen LogP contribution in [-0.2, 0) is 10.3 Å². The number of nitrogens with zero attached hydrogens (tertiary/aromatic N) is 1. The molecule has 0 fully saturated rings. The molecule has 0 radical (unpaired) electrons. The van der Waals surface area contributed by atoms with E-state index in [1.165, 1.54) is 0 Å². The van der Waals surface area contributed by atoms with Crippen molar-refractivity contribution in [3.63, 3.8) is 0 Å². The smallest absolute Gasteiger partial charge is 0.339 e. The van der Waals surface area contributed by atoms with Crippen LogP contribution >= 0.6 is 0 Å². The lowest BCUT2D eigenvalue weighted by Gasteiger charge is -2.17. The molecule has 0 N–H and O–H groups in total. The third-order valence-electron chi connectivity index (χ3n) is 2.37. The fourth-order valence-electron chi connectivity index (χ4n) is 1.63. The number of benzene rings is 1. The first-order chi connectivity index (χ1) is 6.54. The average Bonchev–Trinajstić information content (AvgIpc) is 2.37. The molecule has 1 aliphatic heterocycles. The van der Waals surface area contributed by atoms with E-state index in [4.69, 9.17) is 10.00 Å². The summed E-state index contributed by atoms with van der Waals surface area (Å²) >= 11 is 0. The topological polar surface area (TPSA) is 50.1 Å². The van der Waals surface area contributed by atoms with E-state index in [1.807, 2.05) is 19.9 Å². The molecule has 0 unspecified atom stereocenters. The first-order valence-corrected chi connectivity index (χ1v) is 4.32. The second kappa shape index (κ2) is 2.58. The maximum atomic E-state index is 11.4. The van der Waals surface area contributed by atoms with Gasteiger partial charge in [0.25, 0.3) is 0 Å². The first-order valence-electron chi connectivity index (χ1n) is 4.32. The van der Waals surface area contributed by atoms with Gasteiger partial charge >= 0.3 is 5.97 Å². The fraction of sp³-hybridized carbons (Fsp3) is 0.273. The van der Waals surface area contributed by atoms with Crippen LogP contribution in [0.5, 0.6) is 0 Å². The summed E-state index contributed by atoms with van der Waals surface area (Å²) in [5.41, 5.74) is 1.30. The standard InChI is InChI=1S/C11H9NO2/c1-11(2)9-5-7(6-12)3-4-8(9)10(13)14-11/h3-5H,1-2H3. The molecule has 0 aromatic heterocycles. The van der Waals surface area contributed by atoms with Crippen molar-refractivity contribution in [1.82, 2.24) is 0 Å². The van der Waals surface area contributed by atoms with Gasteiger partial charge in [0.05, 0.1) is 17.2 Å². The first kappa shape index (κ1) is 8.76. The van der Waals surface area contributed by atoms with E-state index in [2.05, 4.69) is 0 Å². The lowest BCUT2D eigenvalue weighted by atomic mass is 9.94. The van der Waals surface area contributed by atoms with Crippen LogP contribution in [0.1, 0.15) is 35.3 Å². The van der Waals surface area contributed by atoms with Gasteiger partial charge in [-0.25, -0.2) is 4.79 Å². The van der Waals surface area contributed by atoms with Crippen LogP contribution in [0.3, 0.4) is 0 Å². The predicted octanol–water partition coefficient (Wildman–Crippen LogP) is 1.96. The molecular formula is C11H9NO2. The summed E-state index contributed by atoms with van der Waals surface area (Å²) < 4.78 is 5.17. The van der Waals surface area contributed by atoms with Crippen LogP contribution in [0.2, 0.25) is 0 Å². The Balaban J connectivity index is 2.66. The molecule has 14 heavy (non-hydrogen) atoms. The number of nitriles is 1. The Bertz CT molecular complexity index is 455. The third kappa shape index (κ3) is 1.08. The van der Waals surface area contributed by atoms with Crippen molar-refractivity contribution in [1.29, 1.82) is 5.26 Å². The van der Waals surface area contributed by atoms with Gasteiger partial charge in [-0.15, -0.1) is 0 Å². The van der Waals surface area contributed by atoms with Crippen molar-refractivity contribution in [3.05, 3.63) is 34.9 Å². The molecule has 3 heteroatoms. The minimum atomic E-state index is -0.612. The maximum absolute atomic E-state index is 11.4. The minimum Gasteiger partial charge on any atom is -0.451 e. The Kier molecular flexibility index (Phi) is 1.62.